The fraction of sp³-hybridized carbons (Fsp3) is 0.0769. The molecule has 1 heterocycles. The van der Waals surface area contributed by atoms with E-state index in [9.17, 15) is 17.6 Å². The molecule has 2 rings (SSSR count). The van der Waals surface area contributed by atoms with Gasteiger partial charge in [-0.1, -0.05) is 12.1 Å². The molecule has 8 heteroatoms. The Bertz CT molecular complexity index is 806. The van der Waals surface area contributed by atoms with Crippen LogP contribution in [0.1, 0.15) is 15.9 Å². The lowest BCUT2D eigenvalue weighted by Crippen LogP contribution is -2.16. The van der Waals surface area contributed by atoms with Gasteiger partial charge in [0, 0.05) is 0 Å². The van der Waals surface area contributed by atoms with Crippen molar-refractivity contribution in [2.45, 2.75) is 11.8 Å². The fourth-order valence-corrected chi connectivity index (χ4v) is 2.95. The summed E-state index contributed by atoms with van der Waals surface area (Å²) in [5.74, 6) is -2.25. The number of anilines is 1. The van der Waals surface area contributed by atoms with E-state index in [2.05, 4.69) is 9.71 Å². The van der Waals surface area contributed by atoms with E-state index in [1.54, 1.807) is 0 Å². The molecule has 2 aromatic rings. The fourth-order valence-electron chi connectivity index (χ4n) is 1.68. The Morgan fingerprint density at radius 1 is 1.29 bits per heavy atom. The second-order valence-corrected chi connectivity index (χ2v) is 5.89. The van der Waals surface area contributed by atoms with Crippen molar-refractivity contribution >= 4 is 21.8 Å². The number of pyridine rings is 1. The first-order valence-corrected chi connectivity index (χ1v) is 7.27. The summed E-state index contributed by atoms with van der Waals surface area (Å²) in [6.07, 6.45) is 0. The molecule has 0 amide bonds. The van der Waals surface area contributed by atoms with E-state index in [1.165, 1.54) is 31.2 Å². The van der Waals surface area contributed by atoms with Crippen LogP contribution in [-0.2, 0) is 10.0 Å². The van der Waals surface area contributed by atoms with Crippen LogP contribution in [0.2, 0.25) is 0 Å². The second-order valence-electron chi connectivity index (χ2n) is 4.24. The molecule has 0 saturated heterocycles. The smallest absolute Gasteiger partial charge is 0.335 e. The zero-order valence-electron chi connectivity index (χ0n) is 10.9. The monoisotopic (exact) mass is 310 g/mol. The third-order valence-corrected chi connectivity index (χ3v) is 4.18. The van der Waals surface area contributed by atoms with Crippen LogP contribution in [0.25, 0.3) is 0 Å². The molecule has 6 nitrogen and oxygen atoms in total. The van der Waals surface area contributed by atoms with Crippen molar-refractivity contribution in [3.8, 4) is 0 Å². The maximum atomic E-state index is 13.0. The van der Waals surface area contributed by atoms with Gasteiger partial charge in [-0.15, -0.1) is 0 Å². The second kappa shape index (κ2) is 5.49. The number of aromatic nitrogens is 1. The summed E-state index contributed by atoms with van der Waals surface area (Å²) in [4.78, 5) is 14.1. The van der Waals surface area contributed by atoms with Gasteiger partial charge in [-0.25, -0.2) is 18.2 Å². The number of benzene rings is 1. The molecule has 1 aromatic heterocycles. The van der Waals surface area contributed by atoms with Crippen molar-refractivity contribution in [2.24, 2.45) is 0 Å². The zero-order valence-corrected chi connectivity index (χ0v) is 11.7. The number of hydrogen-bond acceptors (Lipinski definition) is 4. The molecule has 1 aromatic carbocycles. The Morgan fingerprint density at radius 3 is 2.62 bits per heavy atom. The van der Waals surface area contributed by atoms with Crippen LogP contribution in [0.4, 0.5) is 10.2 Å². The van der Waals surface area contributed by atoms with Crippen LogP contribution in [0.15, 0.2) is 41.3 Å². The highest BCUT2D eigenvalue weighted by molar-refractivity contribution is 7.92. The molecule has 0 unspecified atom stereocenters. The van der Waals surface area contributed by atoms with Crippen LogP contribution < -0.4 is 4.72 Å². The van der Waals surface area contributed by atoms with E-state index in [1.807, 2.05) is 0 Å². The molecule has 21 heavy (non-hydrogen) atoms. The SMILES string of the molecule is Cc1ccc(C(=O)O)cc1S(=O)(=O)Nc1cccc(F)n1. The average molecular weight is 310 g/mol. The van der Waals surface area contributed by atoms with E-state index in [4.69, 9.17) is 5.11 Å². The van der Waals surface area contributed by atoms with Gasteiger partial charge in [0.05, 0.1) is 10.5 Å². The molecule has 2 N–H and O–H groups in total. The van der Waals surface area contributed by atoms with Crippen LogP contribution in [0.5, 0.6) is 0 Å². The first-order chi connectivity index (χ1) is 9.79. The standard InChI is InChI=1S/C13H11FN2O4S/c1-8-5-6-9(13(17)18)7-10(8)21(19,20)16-12-4-2-3-11(14)15-12/h2-7H,1H3,(H,15,16)(H,17,18). The molecule has 0 aliphatic rings. The molecule has 0 bridgehead atoms. The molecule has 0 saturated carbocycles. The quantitative estimate of drug-likeness (QED) is 0.842. The van der Waals surface area contributed by atoms with Crippen LogP contribution in [0, 0.1) is 12.9 Å². The Kier molecular flexibility index (Phi) is 3.90. The molecule has 0 radical (unpaired) electrons. The number of carboxylic acids is 1. The number of carbonyl (C=O) groups is 1. The third-order valence-electron chi connectivity index (χ3n) is 2.68. The summed E-state index contributed by atoms with van der Waals surface area (Å²) in [6.45, 7) is 1.53. The largest absolute Gasteiger partial charge is 0.478 e. The number of sulfonamides is 1. The van der Waals surface area contributed by atoms with Gasteiger partial charge in [-0.3, -0.25) is 4.72 Å². The summed E-state index contributed by atoms with van der Waals surface area (Å²) in [5, 5.41) is 8.91. The lowest BCUT2D eigenvalue weighted by atomic mass is 10.1. The number of aryl methyl sites for hydroxylation is 1. The Balaban J connectivity index is 2.44. The summed E-state index contributed by atoms with van der Waals surface area (Å²) >= 11 is 0. The number of aromatic carboxylic acids is 1. The van der Waals surface area contributed by atoms with Crippen LogP contribution in [0.3, 0.4) is 0 Å². The van der Waals surface area contributed by atoms with Gasteiger partial charge in [-0.05, 0) is 36.8 Å². The van der Waals surface area contributed by atoms with Gasteiger partial charge in [0.25, 0.3) is 10.0 Å². The van der Waals surface area contributed by atoms with E-state index in [-0.39, 0.29) is 16.3 Å². The molecule has 0 fully saturated rings. The lowest BCUT2D eigenvalue weighted by molar-refractivity contribution is 0.0696. The molecule has 0 aliphatic heterocycles. The molecular weight excluding hydrogens is 299 g/mol. The zero-order chi connectivity index (χ0) is 15.6. The van der Waals surface area contributed by atoms with E-state index in [0.29, 0.717) is 5.56 Å². The molecule has 0 atom stereocenters. The maximum Gasteiger partial charge on any atom is 0.335 e. The van der Waals surface area contributed by atoms with E-state index in [0.717, 1.165) is 12.1 Å². The van der Waals surface area contributed by atoms with Gasteiger partial charge in [-0.2, -0.15) is 4.39 Å². The minimum absolute atomic E-state index is 0.159. The van der Waals surface area contributed by atoms with Gasteiger partial charge in [0.1, 0.15) is 5.82 Å². The van der Waals surface area contributed by atoms with Crippen LogP contribution in [-0.4, -0.2) is 24.5 Å². The number of nitrogens with one attached hydrogen (secondary N) is 1. The number of nitrogens with zero attached hydrogens (tertiary/aromatic N) is 1. The van der Waals surface area contributed by atoms with Crippen LogP contribution >= 0.6 is 0 Å². The van der Waals surface area contributed by atoms with Crippen molar-refractivity contribution in [3.63, 3.8) is 0 Å². The normalized spacial score (nSPS) is 11.1. The highest BCUT2D eigenvalue weighted by Gasteiger charge is 2.19. The maximum absolute atomic E-state index is 13.0. The van der Waals surface area contributed by atoms with Crippen molar-refractivity contribution < 1.29 is 22.7 Å². The van der Waals surface area contributed by atoms with Gasteiger partial charge < -0.3 is 5.11 Å². The minimum atomic E-state index is -4.06. The van der Waals surface area contributed by atoms with Crippen molar-refractivity contribution in [2.75, 3.05) is 4.72 Å². The first-order valence-electron chi connectivity index (χ1n) is 5.79. The summed E-state index contributed by atoms with van der Waals surface area (Å²) in [6, 6.07) is 7.40. The first kappa shape index (κ1) is 14.9. The summed E-state index contributed by atoms with van der Waals surface area (Å²) in [7, 11) is -4.06. The Labute approximate surface area is 120 Å². The number of rotatable bonds is 4. The lowest BCUT2D eigenvalue weighted by Gasteiger charge is -2.10. The number of halogens is 1. The molecule has 0 aliphatic carbocycles. The highest BCUT2D eigenvalue weighted by atomic mass is 32.2. The van der Waals surface area contributed by atoms with Crippen molar-refractivity contribution in [1.82, 2.24) is 4.98 Å². The predicted octanol–water partition coefficient (Wildman–Crippen LogP) is 2.03. The Morgan fingerprint density at radius 2 is 2.00 bits per heavy atom. The minimum Gasteiger partial charge on any atom is -0.478 e. The van der Waals surface area contributed by atoms with Gasteiger partial charge in [0.2, 0.25) is 5.95 Å². The van der Waals surface area contributed by atoms with Crippen molar-refractivity contribution in [1.29, 1.82) is 0 Å². The number of carboxylic acid groups (broad SMARTS) is 1. The van der Waals surface area contributed by atoms with E-state index >= 15 is 0 Å². The Hall–Kier alpha value is -2.48. The summed E-state index contributed by atoms with van der Waals surface area (Å²) in [5.41, 5.74) is 0.206. The predicted molar refractivity (Wildman–Crippen MR) is 73.1 cm³/mol. The summed E-state index contributed by atoms with van der Waals surface area (Å²) < 4.78 is 39.6. The average Bonchev–Trinajstić information content (AvgIpc) is 2.38. The molecular formula is C13H11FN2O4S. The van der Waals surface area contributed by atoms with Gasteiger partial charge in [0.15, 0.2) is 0 Å². The topological polar surface area (TPSA) is 96.4 Å². The number of hydrogen-bond donors (Lipinski definition) is 2. The third kappa shape index (κ3) is 3.34. The molecule has 0 spiro atoms. The van der Waals surface area contributed by atoms with Crippen molar-refractivity contribution in [3.05, 3.63) is 53.5 Å². The molecule has 110 valence electrons. The van der Waals surface area contributed by atoms with Gasteiger partial charge >= 0.3 is 5.97 Å². The van der Waals surface area contributed by atoms with E-state index < -0.39 is 21.9 Å². The highest BCUT2D eigenvalue weighted by Crippen LogP contribution is 2.20.